The Labute approximate surface area is 199 Å². The van der Waals surface area contributed by atoms with Crippen molar-refractivity contribution in [2.45, 2.75) is 12.8 Å². The van der Waals surface area contributed by atoms with Gasteiger partial charge in [-0.3, -0.25) is 4.79 Å². The second-order valence-corrected chi connectivity index (χ2v) is 7.74. The molecule has 0 atom stereocenters. The number of rotatable bonds is 8. The maximum absolute atomic E-state index is 12.8. The lowest BCUT2D eigenvalue weighted by molar-refractivity contribution is 0.0733. The van der Waals surface area contributed by atoms with Crippen LogP contribution in [0.2, 0.25) is 0 Å². The van der Waals surface area contributed by atoms with Crippen molar-refractivity contribution >= 4 is 17.6 Å². The molecule has 5 nitrogen and oxygen atoms in total. The topological polar surface area (TPSA) is 64.6 Å². The van der Waals surface area contributed by atoms with E-state index in [1.807, 2.05) is 36.4 Å². The van der Waals surface area contributed by atoms with Crippen LogP contribution in [0.5, 0.6) is 11.5 Å². The molecule has 0 aliphatic heterocycles. The van der Waals surface area contributed by atoms with Crippen molar-refractivity contribution in [3.63, 3.8) is 0 Å². The highest BCUT2D eigenvalue weighted by Crippen LogP contribution is 2.20. The first-order valence-corrected chi connectivity index (χ1v) is 11.0. The number of nitrogens with one attached hydrogen (secondary N) is 1. The molecule has 0 saturated heterocycles. The molecule has 0 saturated carbocycles. The van der Waals surface area contributed by atoms with Gasteiger partial charge in [0, 0.05) is 11.3 Å². The Kier molecular flexibility index (Phi) is 7.35. The summed E-state index contributed by atoms with van der Waals surface area (Å²) in [4.78, 5) is 25.4. The van der Waals surface area contributed by atoms with E-state index in [2.05, 4.69) is 17.4 Å². The SMILES string of the molecule is COc1ccc(NC(=O)c2ccc(OC(=O)c3ccccc3CCc3ccccc3)cc2)cc1. The zero-order chi connectivity index (χ0) is 23.8. The minimum absolute atomic E-state index is 0.255. The minimum atomic E-state index is -0.418. The summed E-state index contributed by atoms with van der Waals surface area (Å²) in [6.07, 6.45) is 1.57. The molecule has 0 unspecified atom stereocenters. The molecule has 1 amide bonds. The normalized spacial score (nSPS) is 10.4. The molecule has 4 rings (SSSR count). The standard InChI is InChI=1S/C29H25NO4/c1-33-25-19-15-24(16-20-25)30-28(31)23-13-17-26(18-14-23)34-29(32)27-10-6-5-9-22(27)12-11-21-7-3-2-4-8-21/h2-10,13-20H,11-12H2,1H3,(H,30,31). The van der Waals surface area contributed by atoms with Crippen LogP contribution < -0.4 is 14.8 Å². The third kappa shape index (κ3) is 5.90. The molecule has 4 aromatic carbocycles. The lowest BCUT2D eigenvalue weighted by Gasteiger charge is -2.10. The average molecular weight is 452 g/mol. The maximum Gasteiger partial charge on any atom is 0.343 e. The highest BCUT2D eigenvalue weighted by atomic mass is 16.5. The van der Waals surface area contributed by atoms with Gasteiger partial charge in [0.05, 0.1) is 12.7 Å². The summed E-state index contributed by atoms with van der Waals surface area (Å²) < 4.78 is 10.7. The molecule has 0 aliphatic carbocycles. The summed E-state index contributed by atoms with van der Waals surface area (Å²) in [6, 6.07) is 31.2. The Bertz CT molecular complexity index is 1250. The van der Waals surface area contributed by atoms with Crippen LogP contribution in [0.15, 0.2) is 103 Å². The number of amides is 1. The van der Waals surface area contributed by atoms with Crippen molar-refractivity contribution in [1.82, 2.24) is 0 Å². The van der Waals surface area contributed by atoms with Gasteiger partial charge in [0.25, 0.3) is 5.91 Å². The number of aryl methyl sites for hydroxylation is 2. The van der Waals surface area contributed by atoms with Crippen molar-refractivity contribution in [2.24, 2.45) is 0 Å². The fraction of sp³-hybridized carbons (Fsp3) is 0.103. The van der Waals surface area contributed by atoms with Crippen LogP contribution in [0, 0.1) is 0 Å². The molecule has 0 fully saturated rings. The Morgan fingerprint density at radius 1 is 0.706 bits per heavy atom. The number of carbonyl (C=O) groups is 2. The van der Waals surface area contributed by atoms with E-state index >= 15 is 0 Å². The molecule has 1 N–H and O–H groups in total. The Balaban J connectivity index is 1.38. The monoisotopic (exact) mass is 451 g/mol. The largest absolute Gasteiger partial charge is 0.497 e. The van der Waals surface area contributed by atoms with E-state index in [9.17, 15) is 9.59 Å². The second kappa shape index (κ2) is 11.0. The van der Waals surface area contributed by atoms with Gasteiger partial charge in [-0.15, -0.1) is 0 Å². The highest BCUT2D eigenvalue weighted by Gasteiger charge is 2.14. The molecule has 34 heavy (non-hydrogen) atoms. The average Bonchev–Trinajstić information content (AvgIpc) is 2.89. The lowest BCUT2D eigenvalue weighted by atomic mass is 10.00. The van der Waals surface area contributed by atoms with Gasteiger partial charge in [-0.1, -0.05) is 48.5 Å². The predicted molar refractivity (Wildman–Crippen MR) is 133 cm³/mol. The van der Waals surface area contributed by atoms with Gasteiger partial charge in [0.1, 0.15) is 11.5 Å². The number of methoxy groups -OCH3 is 1. The fourth-order valence-corrected chi connectivity index (χ4v) is 3.58. The first kappa shape index (κ1) is 22.8. The predicted octanol–water partition coefficient (Wildman–Crippen LogP) is 5.95. The number of ether oxygens (including phenoxy) is 2. The van der Waals surface area contributed by atoms with Gasteiger partial charge in [-0.2, -0.15) is 0 Å². The first-order valence-electron chi connectivity index (χ1n) is 11.0. The van der Waals surface area contributed by atoms with Crippen molar-refractivity contribution in [2.75, 3.05) is 12.4 Å². The van der Waals surface area contributed by atoms with E-state index in [4.69, 9.17) is 9.47 Å². The zero-order valence-electron chi connectivity index (χ0n) is 18.9. The molecule has 0 aromatic heterocycles. The van der Waals surface area contributed by atoms with E-state index in [1.54, 1.807) is 61.7 Å². The van der Waals surface area contributed by atoms with E-state index in [-0.39, 0.29) is 5.91 Å². The molecular weight excluding hydrogens is 426 g/mol. The van der Waals surface area contributed by atoms with Gasteiger partial charge >= 0.3 is 5.97 Å². The van der Waals surface area contributed by atoms with Crippen LogP contribution in [-0.4, -0.2) is 19.0 Å². The smallest absolute Gasteiger partial charge is 0.343 e. The van der Waals surface area contributed by atoms with Crippen molar-refractivity contribution in [3.05, 3.63) is 125 Å². The van der Waals surface area contributed by atoms with Crippen LogP contribution >= 0.6 is 0 Å². The van der Waals surface area contributed by atoms with Crippen molar-refractivity contribution in [1.29, 1.82) is 0 Å². The van der Waals surface area contributed by atoms with Crippen LogP contribution in [0.1, 0.15) is 31.8 Å². The van der Waals surface area contributed by atoms with Crippen LogP contribution in [0.4, 0.5) is 5.69 Å². The number of anilines is 1. The number of esters is 1. The van der Waals surface area contributed by atoms with Gasteiger partial charge in [0.15, 0.2) is 0 Å². The van der Waals surface area contributed by atoms with Crippen LogP contribution in [0.25, 0.3) is 0 Å². The van der Waals surface area contributed by atoms with E-state index in [0.717, 1.165) is 18.4 Å². The molecule has 0 radical (unpaired) electrons. The number of hydrogen-bond acceptors (Lipinski definition) is 4. The molecule has 0 heterocycles. The van der Waals surface area contributed by atoms with Crippen molar-refractivity contribution < 1.29 is 19.1 Å². The van der Waals surface area contributed by atoms with Gasteiger partial charge in [-0.05, 0) is 78.6 Å². The molecule has 0 spiro atoms. The molecule has 0 aliphatic rings. The summed E-state index contributed by atoms with van der Waals surface area (Å²) in [5, 5.41) is 2.83. The number of carbonyl (C=O) groups excluding carboxylic acids is 2. The first-order chi connectivity index (χ1) is 16.6. The lowest BCUT2D eigenvalue weighted by Crippen LogP contribution is -2.13. The summed E-state index contributed by atoms with van der Waals surface area (Å²) in [6.45, 7) is 0. The van der Waals surface area contributed by atoms with Crippen LogP contribution in [-0.2, 0) is 12.8 Å². The Morgan fingerprint density at radius 2 is 1.35 bits per heavy atom. The fourth-order valence-electron chi connectivity index (χ4n) is 3.58. The molecule has 170 valence electrons. The third-order valence-electron chi connectivity index (χ3n) is 5.44. The molecular formula is C29H25NO4. The second-order valence-electron chi connectivity index (χ2n) is 7.74. The molecule has 5 heteroatoms. The summed E-state index contributed by atoms with van der Waals surface area (Å²) >= 11 is 0. The summed E-state index contributed by atoms with van der Waals surface area (Å²) in [7, 11) is 1.59. The quantitative estimate of drug-likeness (QED) is 0.266. The minimum Gasteiger partial charge on any atom is -0.497 e. The Hall–Kier alpha value is -4.38. The van der Waals surface area contributed by atoms with Gasteiger partial charge < -0.3 is 14.8 Å². The van der Waals surface area contributed by atoms with Gasteiger partial charge in [0.2, 0.25) is 0 Å². The van der Waals surface area contributed by atoms with E-state index < -0.39 is 5.97 Å². The van der Waals surface area contributed by atoms with E-state index in [1.165, 1.54) is 5.56 Å². The Morgan fingerprint density at radius 3 is 2.06 bits per heavy atom. The number of benzene rings is 4. The molecule has 0 bridgehead atoms. The third-order valence-corrected chi connectivity index (χ3v) is 5.44. The molecule has 4 aromatic rings. The maximum atomic E-state index is 12.8. The number of hydrogen-bond donors (Lipinski definition) is 1. The van der Waals surface area contributed by atoms with E-state index in [0.29, 0.717) is 28.3 Å². The van der Waals surface area contributed by atoms with Gasteiger partial charge in [-0.25, -0.2) is 4.79 Å². The highest BCUT2D eigenvalue weighted by molar-refractivity contribution is 6.04. The zero-order valence-corrected chi connectivity index (χ0v) is 18.9. The summed E-state index contributed by atoms with van der Waals surface area (Å²) in [5.74, 6) is 0.420. The van der Waals surface area contributed by atoms with Crippen molar-refractivity contribution in [3.8, 4) is 11.5 Å². The summed E-state index contributed by atoms with van der Waals surface area (Å²) in [5.41, 5.74) is 3.81. The van der Waals surface area contributed by atoms with Crippen LogP contribution in [0.3, 0.4) is 0 Å².